The third-order valence-electron chi connectivity index (χ3n) is 3.16. The Hall–Kier alpha value is -1.58. The van der Waals surface area contributed by atoms with Gasteiger partial charge in [0.15, 0.2) is 0 Å². The molecule has 1 amide bonds. The summed E-state index contributed by atoms with van der Waals surface area (Å²) in [6.07, 6.45) is 0.552. The van der Waals surface area contributed by atoms with E-state index in [0.29, 0.717) is 38.9 Å². The SMILES string of the molecule is O=C(NCCCOc1ccc(Cl)cc1Cl)c1cc([N+](=O)[O-])ccc1I. The van der Waals surface area contributed by atoms with Crippen LogP contribution in [0.5, 0.6) is 5.75 Å². The number of non-ortho nitro benzene ring substituents is 1. The van der Waals surface area contributed by atoms with Gasteiger partial charge in [-0.3, -0.25) is 14.9 Å². The van der Waals surface area contributed by atoms with Gasteiger partial charge < -0.3 is 10.1 Å². The molecular formula is C16H13Cl2IN2O4. The largest absolute Gasteiger partial charge is 0.492 e. The van der Waals surface area contributed by atoms with Crippen molar-refractivity contribution in [2.75, 3.05) is 13.2 Å². The molecular weight excluding hydrogens is 482 g/mol. The molecule has 2 rings (SSSR count). The number of nitrogens with one attached hydrogen (secondary N) is 1. The molecule has 6 nitrogen and oxygen atoms in total. The van der Waals surface area contributed by atoms with Crippen LogP contribution in [0.15, 0.2) is 36.4 Å². The average Bonchev–Trinajstić information content (AvgIpc) is 2.56. The van der Waals surface area contributed by atoms with Crippen molar-refractivity contribution in [2.45, 2.75) is 6.42 Å². The number of halogens is 3. The van der Waals surface area contributed by atoms with Crippen molar-refractivity contribution in [3.8, 4) is 5.75 Å². The number of hydrogen-bond donors (Lipinski definition) is 1. The van der Waals surface area contributed by atoms with Crippen molar-refractivity contribution in [2.24, 2.45) is 0 Å². The molecule has 0 unspecified atom stereocenters. The summed E-state index contributed by atoms with van der Waals surface area (Å²) in [7, 11) is 0. The van der Waals surface area contributed by atoms with Gasteiger partial charge in [-0.15, -0.1) is 0 Å². The zero-order valence-electron chi connectivity index (χ0n) is 12.8. The third-order valence-corrected chi connectivity index (χ3v) is 4.63. The molecule has 0 fully saturated rings. The van der Waals surface area contributed by atoms with E-state index in [1.54, 1.807) is 24.3 Å². The van der Waals surface area contributed by atoms with E-state index >= 15 is 0 Å². The van der Waals surface area contributed by atoms with Crippen LogP contribution in [0.3, 0.4) is 0 Å². The second-order valence-electron chi connectivity index (χ2n) is 4.95. The fraction of sp³-hybridized carbons (Fsp3) is 0.188. The van der Waals surface area contributed by atoms with Crippen molar-refractivity contribution in [3.63, 3.8) is 0 Å². The first-order valence-electron chi connectivity index (χ1n) is 7.18. The van der Waals surface area contributed by atoms with Crippen molar-refractivity contribution in [1.82, 2.24) is 5.32 Å². The first-order chi connectivity index (χ1) is 11.9. The highest BCUT2D eigenvalue weighted by Crippen LogP contribution is 2.27. The van der Waals surface area contributed by atoms with Crippen LogP contribution in [-0.4, -0.2) is 24.0 Å². The van der Waals surface area contributed by atoms with Crippen molar-refractivity contribution >= 4 is 57.4 Å². The van der Waals surface area contributed by atoms with Gasteiger partial charge in [-0.1, -0.05) is 23.2 Å². The Balaban J connectivity index is 1.83. The Labute approximate surface area is 167 Å². The van der Waals surface area contributed by atoms with Crippen LogP contribution in [0.1, 0.15) is 16.8 Å². The Morgan fingerprint density at radius 3 is 2.68 bits per heavy atom. The van der Waals surface area contributed by atoms with Crippen molar-refractivity contribution < 1.29 is 14.5 Å². The van der Waals surface area contributed by atoms with Crippen LogP contribution >= 0.6 is 45.8 Å². The first-order valence-corrected chi connectivity index (χ1v) is 9.02. The van der Waals surface area contributed by atoms with Gasteiger partial charge in [0.1, 0.15) is 5.75 Å². The molecule has 0 radical (unpaired) electrons. The fourth-order valence-electron chi connectivity index (χ4n) is 1.94. The van der Waals surface area contributed by atoms with Gasteiger partial charge in [0.05, 0.1) is 22.1 Å². The van der Waals surface area contributed by atoms with E-state index in [9.17, 15) is 14.9 Å². The minimum Gasteiger partial charge on any atom is -0.492 e. The molecule has 2 aromatic rings. The van der Waals surface area contributed by atoms with Crippen LogP contribution in [0.4, 0.5) is 5.69 Å². The predicted molar refractivity (Wildman–Crippen MR) is 105 cm³/mol. The third kappa shape index (κ3) is 5.72. The number of amides is 1. The van der Waals surface area contributed by atoms with E-state index in [-0.39, 0.29) is 17.2 Å². The lowest BCUT2D eigenvalue weighted by Crippen LogP contribution is -2.26. The smallest absolute Gasteiger partial charge is 0.270 e. The molecule has 0 aromatic heterocycles. The quantitative estimate of drug-likeness (QED) is 0.261. The van der Waals surface area contributed by atoms with Gasteiger partial charge in [0.2, 0.25) is 0 Å². The zero-order chi connectivity index (χ0) is 18.4. The van der Waals surface area contributed by atoms with Crippen LogP contribution in [0, 0.1) is 13.7 Å². The standard InChI is InChI=1S/C16H13Cl2IN2O4/c17-10-2-5-15(13(18)8-10)25-7-1-6-20-16(22)12-9-11(21(23)24)3-4-14(12)19/h2-5,8-9H,1,6-7H2,(H,20,22). The summed E-state index contributed by atoms with van der Waals surface area (Å²) >= 11 is 13.8. The molecule has 0 bridgehead atoms. The van der Waals surface area contributed by atoms with Gasteiger partial charge in [0.25, 0.3) is 11.6 Å². The maximum absolute atomic E-state index is 12.1. The molecule has 0 aliphatic carbocycles. The van der Waals surface area contributed by atoms with Crippen molar-refractivity contribution in [3.05, 3.63) is 65.7 Å². The molecule has 9 heteroatoms. The molecule has 0 heterocycles. The predicted octanol–water partition coefficient (Wildman–Crippen LogP) is 4.71. The summed E-state index contributed by atoms with van der Waals surface area (Å²) in [6.45, 7) is 0.719. The summed E-state index contributed by atoms with van der Waals surface area (Å²) in [5, 5.41) is 14.5. The molecule has 0 atom stereocenters. The minimum absolute atomic E-state index is 0.119. The highest BCUT2D eigenvalue weighted by molar-refractivity contribution is 14.1. The summed E-state index contributed by atoms with van der Waals surface area (Å²) in [5.74, 6) is 0.156. The Bertz CT molecular complexity index is 802. The lowest BCUT2D eigenvalue weighted by molar-refractivity contribution is -0.384. The van der Waals surface area contributed by atoms with E-state index < -0.39 is 4.92 Å². The van der Waals surface area contributed by atoms with E-state index in [4.69, 9.17) is 27.9 Å². The summed E-state index contributed by atoms with van der Waals surface area (Å²) in [6, 6.07) is 9.11. The number of nitro benzene ring substituents is 1. The van der Waals surface area contributed by atoms with Crippen LogP contribution in [0.25, 0.3) is 0 Å². The van der Waals surface area contributed by atoms with Gasteiger partial charge in [0, 0.05) is 27.3 Å². The summed E-state index contributed by atoms with van der Waals surface area (Å²) < 4.78 is 6.16. The number of carbonyl (C=O) groups is 1. The monoisotopic (exact) mass is 494 g/mol. The van der Waals surface area contributed by atoms with Gasteiger partial charge in [-0.05, 0) is 53.3 Å². The fourth-order valence-corrected chi connectivity index (χ4v) is 2.99. The number of carbonyl (C=O) groups excluding carboxylic acids is 1. The van der Waals surface area contributed by atoms with Crippen molar-refractivity contribution in [1.29, 1.82) is 0 Å². The average molecular weight is 495 g/mol. The Morgan fingerprint density at radius 1 is 1.24 bits per heavy atom. The highest BCUT2D eigenvalue weighted by atomic mass is 127. The van der Waals surface area contributed by atoms with Gasteiger partial charge in [-0.2, -0.15) is 0 Å². The second kappa shape index (κ2) is 9.21. The molecule has 0 aliphatic rings. The zero-order valence-corrected chi connectivity index (χ0v) is 16.5. The molecule has 2 aromatic carbocycles. The number of nitrogens with zero attached hydrogens (tertiary/aromatic N) is 1. The Kier molecular flexibility index (Phi) is 7.27. The number of rotatable bonds is 7. The number of ether oxygens (including phenoxy) is 1. The first kappa shape index (κ1) is 19.7. The molecule has 132 valence electrons. The van der Waals surface area contributed by atoms with E-state index in [0.717, 1.165) is 0 Å². The number of hydrogen-bond acceptors (Lipinski definition) is 4. The molecule has 0 saturated carbocycles. The molecule has 0 saturated heterocycles. The lowest BCUT2D eigenvalue weighted by Gasteiger charge is -2.09. The van der Waals surface area contributed by atoms with Crippen LogP contribution < -0.4 is 10.1 Å². The van der Waals surface area contributed by atoms with Gasteiger partial charge >= 0.3 is 0 Å². The maximum atomic E-state index is 12.1. The Morgan fingerprint density at radius 2 is 2.00 bits per heavy atom. The molecule has 0 aliphatic heterocycles. The topological polar surface area (TPSA) is 81.5 Å². The van der Waals surface area contributed by atoms with Gasteiger partial charge in [-0.25, -0.2) is 0 Å². The van der Waals surface area contributed by atoms with Crippen LogP contribution in [-0.2, 0) is 0 Å². The highest BCUT2D eigenvalue weighted by Gasteiger charge is 2.15. The summed E-state index contributed by atoms with van der Waals surface area (Å²) in [4.78, 5) is 22.4. The number of nitro groups is 1. The molecule has 1 N–H and O–H groups in total. The second-order valence-corrected chi connectivity index (χ2v) is 6.96. The van der Waals surface area contributed by atoms with E-state index in [1.165, 1.54) is 12.1 Å². The van der Waals surface area contributed by atoms with E-state index in [2.05, 4.69) is 5.32 Å². The molecule has 25 heavy (non-hydrogen) atoms. The minimum atomic E-state index is -0.531. The normalized spacial score (nSPS) is 10.4. The number of benzene rings is 2. The molecule has 0 spiro atoms. The van der Waals surface area contributed by atoms with E-state index in [1.807, 2.05) is 22.6 Å². The maximum Gasteiger partial charge on any atom is 0.270 e. The van der Waals surface area contributed by atoms with Crippen LogP contribution in [0.2, 0.25) is 10.0 Å². The lowest BCUT2D eigenvalue weighted by atomic mass is 10.2. The summed E-state index contributed by atoms with van der Waals surface area (Å²) in [5.41, 5.74) is 0.155.